The third-order valence-electron chi connectivity index (χ3n) is 3.22. The minimum atomic E-state index is -3.78. The molecule has 27 heavy (non-hydrogen) atoms. The molecule has 13 heteroatoms. The van der Waals surface area contributed by atoms with Crippen molar-refractivity contribution in [3.63, 3.8) is 0 Å². The molecule has 11 nitrogen and oxygen atoms in total. The lowest BCUT2D eigenvalue weighted by Crippen LogP contribution is -2.19. The Morgan fingerprint density at radius 3 is 2.59 bits per heavy atom. The molecule has 2 heterocycles. The molecule has 0 unspecified atom stereocenters. The van der Waals surface area contributed by atoms with E-state index < -0.39 is 20.9 Å². The van der Waals surface area contributed by atoms with Gasteiger partial charge in [-0.2, -0.15) is 4.68 Å². The first kappa shape index (κ1) is 18.5. The van der Waals surface area contributed by atoms with Crippen molar-refractivity contribution in [1.29, 1.82) is 0 Å². The van der Waals surface area contributed by atoms with Crippen LogP contribution in [-0.2, 0) is 21.4 Å². The van der Waals surface area contributed by atoms with E-state index in [1.54, 1.807) is 5.38 Å². The summed E-state index contributed by atoms with van der Waals surface area (Å²) in [5.74, 6) is -0.824. The molecule has 1 amide bonds. The molecule has 0 radical (unpaired) electrons. The van der Waals surface area contributed by atoms with Gasteiger partial charge < -0.3 is 15.4 Å². The Hall–Kier alpha value is -3.32. The summed E-state index contributed by atoms with van der Waals surface area (Å²) in [5, 5.41) is 18.7. The molecule has 140 valence electrons. The summed E-state index contributed by atoms with van der Waals surface area (Å²) in [7, 11) is -3.78. The maximum absolute atomic E-state index is 12.2. The molecule has 0 fully saturated rings. The second-order valence-corrected chi connectivity index (χ2v) is 7.72. The van der Waals surface area contributed by atoms with Crippen molar-refractivity contribution >= 4 is 43.9 Å². The van der Waals surface area contributed by atoms with Crippen molar-refractivity contribution in [1.82, 2.24) is 14.8 Å². The predicted molar refractivity (Wildman–Crippen MR) is 96.9 cm³/mol. The Morgan fingerprint density at radius 2 is 2.00 bits per heavy atom. The minimum absolute atomic E-state index is 0.0124. The molecule has 3 aromatic rings. The minimum Gasteiger partial charge on any atom is -0.358 e. The molecule has 0 atom stereocenters. The van der Waals surface area contributed by atoms with Crippen LogP contribution in [0.4, 0.5) is 16.6 Å². The molecular formula is C14H12N6O5S2. The van der Waals surface area contributed by atoms with E-state index in [0.29, 0.717) is 5.69 Å². The molecule has 0 aliphatic heterocycles. The highest BCUT2D eigenvalue weighted by atomic mass is 32.2. The zero-order chi connectivity index (χ0) is 19.4. The summed E-state index contributed by atoms with van der Waals surface area (Å²) < 4.78 is 27.9. The molecule has 1 aromatic carbocycles. The molecule has 2 N–H and O–H groups in total. The molecular weight excluding hydrogens is 396 g/mol. The number of thiazole rings is 1. The van der Waals surface area contributed by atoms with E-state index in [1.165, 1.54) is 42.7 Å². The normalized spacial score (nSPS) is 11.1. The van der Waals surface area contributed by atoms with E-state index >= 15 is 0 Å². The van der Waals surface area contributed by atoms with Crippen LogP contribution in [0.3, 0.4) is 0 Å². The largest absolute Gasteiger partial charge is 0.389 e. The topological polar surface area (TPSA) is 149 Å². The number of benzene rings is 1. The van der Waals surface area contributed by atoms with Gasteiger partial charge in [-0.3, -0.25) is 9.52 Å². The highest BCUT2D eigenvalue weighted by molar-refractivity contribution is 7.93. The Kier molecular flexibility index (Phi) is 5.14. The standard InChI is InChI=1S/C14H12N6O5S2/c21-13(9-19-7-5-12(17-19)20(22)23)16-10-1-3-11(4-2-10)27(24,25)18-14-15-6-8-26-14/h1-8H,9H2,(H,15,18)(H,16,21). The van der Waals surface area contributed by atoms with Gasteiger partial charge in [0.1, 0.15) is 6.54 Å². The molecule has 3 rings (SSSR count). The van der Waals surface area contributed by atoms with Gasteiger partial charge in [0, 0.05) is 17.3 Å². The molecule has 0 bridgehead atoms. The van der Waals surface area contributed by atoms with Crippen LogP contribution in [0.2, 0.25) is 0 Å². The second kappa shape index (κ2) is 7.51. The third-order valence-corrected chi connectivity index (χ3v) is 5.39. The summed E-state index contributed by atoms with van der Waals surface area (Å²) in [6.45, 7) is -0.223. The van der Waals surface area contributed by atoms with Crippen molar-refractivity contribution in [2.45, 2.75) is 11.4 Å². The number of hydrogen-bond acceptors (Lipinski definition) is 8. The first-order valence-corrected chi connectivity index (χ1v) is 9.70. The summed E-state index contributed by atoms with van der Waals surface area (Å²) in [6, 6.07) is 6.72. The van der Waals surface area contributed by atoms with E-state index in [0.717, 1.165) is 16.0 Å². The Labute approximate surface area is 156 Å². The predicted octanol–water partition coefficient (Wildman–Crippen LogP) is 1.69. The van der Waals surface area contributed by atoms with Gasteiger partial charge in [-0.15, -0.1) is 11.3 Å². The van der Waals surface area contributed by atoms with Crippen molar-refractivity contribution in [2.24, 2.45) is 0 Å². The van der Waals surface area contributed by atoms with Crippen LogP contribution in [-0.4, -0.2) is 34.0 Å². The number of hydrogen-bond donors (Lipinski definition) is 2. The molecule has 0 aliphatic rings. The van der Waals surface area contributed by atoms with Crippen LogP contribution >= 0.6 is 11.3 Å². The Bertz CT molecular complexity index is 1060. The number of rotatable bonds is 7. The fraction of sp³-hybridized carbons (Fsp3) is 0.0714. The van der Waals surface area contributed by atoms with Gasteiger partial charge in [0.05, 0.1) is 22.3 Å². The molecule has 0 saturated heterocycles. The van der Waals surface area contributed by atoms with Crippen molar-refractivity contribution in [3.05, 3.63) is 58.2 Å². The van der Waals surface area contributed by atoms with E-state index in [4.69, 9.17) is 0 Å². The zero-order valence-electron chi connectivity index (χ0n) is 13.5. The number of sulfonamides is 1. The van der Waals surface area contributed by atoms with Gasteiger partial charge in [0.25, 0.3) is 10.0 Å². The average Bonchev–Trinajstić information content (AvgIpc) is 3.27. The van der Waals surface area contributed by atoms with Gasteiger partial charge >= 0.3 is 5.82 Å². The van der Waals surface area contributed by atoms with Crippen LogP contribution in [0.1, 0.15) is 0 Å². The van der Waals surface area contributed by atoms with Crippen LogP contribution in [0, 0.1) is 10.1 Å². The summed E-state index contributed by atoms with van der Waals surface area (Å²) in [6.07, 6.45) is 2.80. The zero-order valence-corrected chi connectivity index (χ0v) is 15.1. The number of nitrogens with zero attached hydrogens (tertiary/aromatic N) is 4. The molecule has 0 spiro atoms. The number of carbonyl (C=O) groups excluding carboxylic acids is 1. The SMILES string of the molecule is O=C(Cn1ccc([N+](=O)[O-])n1)Nc1ccc(S(=O)(=O)Nc2nccs2)cc1. The highest BCUT2D eigenvalue weighted by Crippen LogP contribution is 2.19. The highest BCUT2D eigenvalue weighted by Gasteiger charge is 2.16. The lowest BCUT2D eigenvalue weighted by Gasteiger charge is -2.07. The van der Waals surface area contributed by atoms with Crippen LogP contribution in [0.15, 0.2) is 53.0 Å². The van der Waals surface area contributed by atoms with Gasteiger partial charge in [-0.1, -0.05) is 0 Å². The lowest BCUT2D eigenvalue weighted by molar-refractivity contribution is -0.389. The van der Waals surface area contributed by atoms with E-state index in [1.807, 2.05) is 0 Å². The molecule has 0 saturated carbocycles. The maximum atomic E-state index is 12.2. The van der Waals surface area contributed by atoms with E-state index in [9.17, 15) is 23.3 Å². The third kappa shape index (κ3) is 4.65. The smallest absolute Gasteiger partial charge is 0.358 e. The lowest BCUT2D eigenvalue weighted by atomic mass is 10.3. The molecule has 0 aliphatic carbocycles. The maximum Gasteiger partial charge on any atom is 0.389 e. The quantitative estimate of drug-likeness (QED) is 0.446. The number of nitrogens with one attached hydrogen (secondary N) is 2. The number of nitro groups is 1. The van der Waals surface area contributed by atoms with Crippen molar-refractivity contribution in [2.75, 3.05) is 10.0 Å². The van der Waals surface area contributed by atoms with E-state index in [2.05, 4.69) is 20.1 Å². The van der Waals surface area contributed by atoms with Crippen molar-refractivity contribution in [3.8, 4) is 0 Å². The first-order valence-electron chi connectivity index (χ1n) is 7.33. The number of aromatic nitrogens is 3. The summed E-state index contributed by atoms with van der Waals surface area (Å²) >= 11 is 1.15. The fourth-order valence-electron chi connectivity index (χ4n) is 2.05. The van der Waals surface area contributed by atoms with Crippen LogP contribution in [0.5, 0.6) is 0 Å². The Balaban J connectivity index is 1.62. The number of amides is 1. The van der Waals surface area contributed by atoms with Crippen LogP contribution in [0.25, 0.3) is 0 Å². The van der Waals surface area contributed by atoms with Crippen molar-refractivity contribution < 1.29 is 18.1 Å². The second-order valence-electron chi connectivity index (χ2n) is 5.14. The fourth-order valence-corrected chi connectivity index (χ4v) is 3.84. The number of anilines is 2. The summed E-state index contributed by atoms with van der Waals surface area (Å²) in [5.41, 5.74) is 0.370. The average molecular weight is 408 g/mol. The van der Waals surface area contributed by atoms with Gasteiger partial charge in [0.15, 0.2) is 5.13 Å². The van der Waals surface area contributed by atoms with Gasteiger partial charge in [-0.25, -0.2) is 13.4 Å². The Morgan fingerprint density at radius 1 is 1.26 bits per heavy atom. The van der Waals surface area contributed by atoms with Gasteiger partial charge in [0.2, 0.25) is 5.91 Å². The van der Waals surface area contributed by atoms with E-state index in [-0.39, 0.29) is 22.4 Å². The van der Waals surface area contributed by atoms with Crippen LogP contribution < -0.4 is 10.0 Å². The summed E-state index contributed by atoms with van der Waals surface area (Å²) in [4.78, 5) is 25.8. The first-order chi connectivity index (χ1) is 12.8. The monoisotopic (exact) mass is 408 g/mol. The van der Waals surface area contributed by atoms with Gasteiger partial charge in [-0.05, 0) is 29.2 Å². The number of carbonyl (C=O) groups is 1. The molecule has 2 aromatic heterocycles.